The smallest absolute Gasteiger partial charge is 0.411 e. The molecular weight excluding hydrogens is 458 g/mol. The van der Waals surface area contributed by atoms with Crippen molar-refractivity contribution in [1.29, 1.82) is 0 Å². The van der Waals surface area contributed by atoms with Crippen LogP contribution in [0.2, 0.25) is 0 Å². The first-order valence-electron chi connectivity index (χ1n) is 11.7. The van der Waals surface area contributed by atoms with Gasteiger partial charge >= 0.3 is 6.09 Å². The third kappa shape index (κ3) is 5.52. The minimum Gasteiger partial charge on any atom is -0.447 e. The van der Waals surface area contributed by atoms with Crippen LogP contribution in [0.15, 0.2) is 60.8 Å². The second-order valence-electron chi connectivity index (χ2n) is 8.58. The predicted molar refractivity (Wildman–Crippen MR) is 139 cm³/mol. The summed E-state index contributed by atoms with van der Waals surface area (Å²) in [5.41, 5.74) is 4.82. The van der Waals surface area contributed by atoms with Gasteiger partial charge in [0.1, 0.15) is 6.61 Å². The van der Waals surface area contributed by atoms with Crippen molar-refractivity contribution in [2.24, 2.45) is 0 Å². The first kappa shape index (κ1) is 24.9. The lowest BCUT2D eigenvalue weighted by atomic mass is 10.0. The highest BCUT2D eigenvalue weighted by molar-refractivity contribution is 6.12. The third-order valence-electron chi connectivity index (χ3n) is 5.61. The lowest BCUT2D eigenvalue weighted by Gasteiger charge is -2.13. The van der Waals surface area contributed by atoms with Crippen LogP contribution in [0.1, 0.15) is 35.8 Å². The number of fused-ring (bicyclic) bond motifs is 1. The molecule has 9 heteroatoms. The number of amides is 2. The fourth-order valence-corrected chi connectivity index (χ4v) is 3.83. The van der Waals surface area contributed by atoms with Crippen LogP contribution >= 0.6 is 0 Å². The lowest BCUT2D eigenvalue weighted by Crippen LogP contribution is -2.17. The quantitative estimate of drug-likeness (QED) is 0.321. The Labute approximate surface area is 209 Å². The molecule has 0 aliphatic rings. The maximum atomic E-state index is 13.5. The zero-order chi connectivity index (χ0) is 25.7. The number of ether oxygens (including phenoxy) is 2. The number of nitrogens with zero attached hydrogens (tertiary/aromatic N) is 3. The molecule has 4 rings (SSSR count). The van der Waals surface area contributed by atoms with Gasteiger partial charge in [0, 0.05) is 30.1 Å². The van der Waals surface area contributed by atoms with Crippen LogP contribution < -0.4 is 10.6 Å². The summed E-state index contributed by atoms with van der Waals surface area (Å²) in [6.07, 6.45) is 1.07. The number of aromatic nitrogens is 3. The van der Waals surface area contributed by atoms with E-state index in [0.717, 1.165) is 11.1 Å². The van der Waals surface area contributed by atoms with Crippen molar-refractivity contribution >= 4 is 34.4 Å². The Balaban J connectivity index is 1.65. The minimum atomic E-state index is -0.602. The Morgan fingerprint density at radius 3 is 2.47 bits per heavy atom. The summed E-state index contributed by atoms with van der Waals surface area (Å²) in [6, 6.07) is 16.6. The predicted octanol–water partition coefficient (Wildman–Crippen LogP) is 5.43. The molecule has 0 atom stereocenters. The number of pyridine rings is 1. The van der Waals surface area contributed by atoms with Crippen molar-refractivity contribution in [3.63, 3.8) is 0 Å². The fraction of sp³-hybridized carbons (Fsp3) is 0.259. The number of carbonyl (C=O) groups excluding carboxylic acids is 2. The van der Waals surface area contributed by atoms with E-state index in [9.17, 15) is 9.59 Å². The topological polar surface area (TPSA) is 107 Å². The van der Waals surface area contributed by atoms with Crippen molar-refractivity contribution in [1.82, 2.24) is 14.8 Å². The number of hydrogen-bond donors (Lipinski definition) is 2. The highest BCUT2D eigenvalue weighted by Gasteiger charge is 2.19. The van der Waals surface area contributed by atoms with Gasteiger partial charge in [0.25, 0.3) is 5.91 Å². The molecule has 2 amide bonds. The Hall–Kier alpha value is -4.24. The molecule has 0 saturated heterocycles. The number of methoxy groups -OCH3 is 1. The molecule has 4 aromatic rings. The molecule has 36 heavy (non-hydrogen) atoms. The molecule has 2 aromatic heterocycles. The van der Waals surface area contributed by atoms with Crippen molar-refractivity contribution in [3.8, 4) is 11.3 Å². The molecule has 186 valence electrons. The Kier molecular flexibility index (Phi) is 7.60. The molecular formula is C27H29N5O4. The summed E-state index contributed by atoms with van der Waals surface area (Å²) in [5.74, 6) is -0.305. The van der Waals surface area contributed by atoms with Gasteiger partial charge in [-0.15, -0.1) is 0 Å². The molecule has 0 radical (unpaired) electrons. The molecule has 0 fully saturated rings. The summed E-state index contributed by atoms with van der Waals surface area (Å²) in [6.45, 7) is 6.51. The van der Waals surface area contributed by atoms with E-state index >= 15 is 0 Å². The minimum absolute atomic E-state index is 0.0735. The molecule has 0 spiro atoms. The third-order valence-corrected chi connectivity index (χ3v) is 5.61. The van der Waals surface area contributed by atoms with Gasteiger partial charge < -0.3 is 14.8 Å². The van der Waals surface area contributed by atoms with Crippen molar-refractivity contribution in [3.05, 3.63) is 71.9 Å². The fourth-order valence-electron chi connectivity index (χ4n) is 3.83. The first-order valence-corrected chi connectivity index (χ1v) is 11.7. The van der Waals surface area contributed by atoms with E-state index in [1.165, 1.54) is 7.11 Å². The van der Waals surface area contributed by atoms with Crippen LogP contribution in [-0.2, 0) is 9.47 Å². The molecule has 0 aliphatic heterocycles. The Morgan fingerprint density at radius 2 is 1.75 bits per heavy atom. The highest BCUT2D eigenvalue weighted by Crippen LogP contribution is 2.29. The number of hydrogen-bond acceptors (Lipinski definition) is 6. The van der Waals surface area contributed by atoms with Gasteiger partial charge in [-0.2, -0.15) is 5.10 Å². The first-order chi connectivity index (χ1) is 17.4. The molecule has 0 aliphatic carbocycles. The van der Waals surface area contributed by atoms with Crippen LogP contribution in [0.5, 0.6) is 0 Å². The van der Waals surface area contributed by atoms with E-state index in [2.05, 4.69) is 15.7 Å². The van der Waals surface area contributed by atoms with Crippen LogP contribution in [0.25, 0.3) is 22.3 Å². The molecule has 2 heterocycles. The lowest BCUT2D eigenvalue weighted by molar-refractivity contribution is 0.102. The van der Waals surface area contributed by atoms with Crippen LogP contribution in [-0.4, -0.2) is 47.1 Å². The van der Waals surface area contributed by atoms with Crippen molar-refractivity contribution in [2.45, 2.75) is 26.8 Å². The molecule has 0 bridgehead atoms. The average Bonchev–Trinajstić information content (AvgIpc) is 3.28. The van der Waals surface area contributed by atoms with Gasteiger partial charge in [0.2, 0.25) is 0 Å². The van der Waals surface area contributed by atoms with Gasteiger partial charge in [-0.3, -0.25) is 10.1 Å². The van der Waals surface area contributed by atoms with E-state index < -0.39 is 6.09 Å². The van der Waals surface area contributed by atoms with Gasteiger partial charge in [-0.25, -0.2) is 14.5 Å². The van der Waals surface area contributed by atoms with E-state index in [-0.39, 0.29) is 18.6 Å². The highest BCUT2D eigenvalue weighted by atomic mass is 16.6. The Bertz CT molecular complexity index is 1400. The van der Waals surface area contributed by atoms with Gasteiger partial charge in [-0.1, -0.05) is 30.3 Å². The van der Waals surface area contributed by atoms with Crippen molar-refractivity contribution < 1.29 is 19.1 Å². The van der Waals surface area contributed by atoms with Gasteiger partial charge in [0.15, 0.2) is 5.65 Å². The molecule has 2 N–H and O–H groups in total. The largest absolute Gasteiger partial charge is 0.447 e. The van der Waals surface area contributed by atoms with Crippen LogP contribution in [0.3, 0.4) is 0 Å². The monoisotopic (exact) mass is 487 g/mol. The van der Waals surface area contributed by atoms with Crippen LogP contribution in [0.4, 0.5) is 16.2 Å². The number of carbonyl (C=O) groups is 2. The zero-order valence-electron chi connectivity index (χ0n) is 20.7. The maximum absolute atomic E-state index is 13.5. The summed E-state index contributed by atoms with van der Waals surface area (Å²) in [5, 5.41) is 10.7. The normalized spacial score (nSPS) is 11.0. The number of aryl methyl sites for hydroxylation is 1. The number of rotatable bonds is 8. The number of nitrogens with one attached hydrogen (secondary N) is 2. The second-order valence-corrected chi connectivity index (χ2v) is 8.58. The molecule has 2 aromatic carbocycles. The van der Waals surface area contributed by atoms with E-state index in [4.69, 9.17) is 14.5 Å². The van der Waals surface area contributed by atoms with Crippen molar-refractivity contribution in [2.75, 3.05) is 31.0 Å². The summed E-state index contributed by atoms with van der Waals surface area (Å²) >= 11 is 0. The van der Waals surface area contributed by atoms with Gasteiger partial charge in [-0.05, 0) is 50.6 Å². The average molecular weight is 488 g/mol. The molecule has 9 nitrogen and oxygen atoms in total. The van der Waals surface area contributed by atoms with Gasteiger partial charge in [0.05, 0.1) is 29.4 Å². The van der Waals surface area contributed by atoms with Crippen LogP contribution in [0, 0.1) is 6.92 Å². The standard InChI is InChI=1S/C27H29N5O4/c1-17(2)32-25-23(16-28-32)22(15-24(31-25)21-11-6-5-8-18(21)3)26(33)29-19-9-7-10-20(14-19)30-27(34)36-13-12-35-4/h5-11,14-17H,12-13H2,1-4H3,(H,29,33)(H,30,34). The number of anilines is 2. The van der Waals surface area contributed by atoms with E-state index in [1.54, 1.807) is 36.5 Å². The molecule has 0 unspecified atom stereocenters. The maximum Gasteiger partial charge on any atom is 0.411 e. The summed E-state index contributed by atoms with van der Waals surface area (Å²) < 4.78 is 11.7. The molecule has 0 saturated carbocycles. The summed E-state index contributed by atoms with van der Waals surface area (Å²) in [4.78, 5) is 30.3. The Morgan fingerprint density at radius 1 is 1.00 bits per heavy atom. The zero-order valence-corrected chi connectivity index (χ0v) is 20.7. The SMILES string of the molecule is COCCOC(=O)Nc1cccc(NC(=O)c2cc(-c3ccccc3C)nc3c2cnn3C(C)C)c1. The van der Waals surface area contributed by atoms with E-state index in [0.29, 0.717) is 40.3 Å². The number of benzene rings is 2. The second kappa shape index (κ2) is 11.0. The summed E-state index contributed by atoms with van der Waals surface area (Å²) in [7, 11) is 1.53. The van der Waals surface area contributed by atoms with E-state index in [1.807, 2.05) is 49.7 Å².